The maximum Gasteiger partial charge on any atom is 0.167 e. The Labute approximate surface area is 77.0 Å². The lowest BCUT2D eigenvalue weighted by Crippen LogP contribution is -2.16. The summed E-state index contributed by atoms with van der Waals surface area (Å²) in [7, 11) is 0. The van der Waals surface area contributed by atoms with Gasteiger partial charge in [-0.3, -0.25) is 0 Å². The predicted molar refractivity (Wildman–Crippen MR) is 40.3 cm³/mol. The van der Waals surface area contributed by atoms with Gasteiger partial charge in [-0.05, 0) is 0 Å². The zero-order chi connectivity index (χ0) is 10.9. The smallest absolute Gasteiger partial charge is 0.167 e. The van der Waals surface area contributed by atoms with Crippen molar-refractivity contribution >= 4 is 0 Å². The number of hydrogen-bond acceptors (Lipinski definition) is 2. The van der Waals surface area contributed by atoms with E-state index in [-0.39, 0.29) is 6.07 Å². The molecule has 14 heavy (non-hydrogen) atoms. The van der Waals surface area contributed by atoms with Crippen molar-refractivity contribution in [2.75, 3.05) is 6.54 Å². The maximum absolute atomic E-state index is 12.9. The minimum absolute atomic E-state index is 0.0669. The first-order valence-corrected chi connectivity index (χ1v) is 3.70. The van der Waals surface area contributed by atoms with Gasteiger partial charge < -0.3 is 10.8 Å². The summed E-state index contributed by atoms with van der Waals surface area (Å²) in [4.78, 5) is 0. The van der Waals surface area contributed by atoms with Gasteiger partial charge in [0.2, 0.25) is 0 Å². The third-order valence-electron chi connectivity index (χ3n) is 1.70. The van der Waals surface area contributed by atoms with Crippen molar-refractivity contribution in [1.82, 2.24) is 0 Å². The molecule has 1 atom stereocenters. The van der Waals surface area contributed by atoms with Crippen LogP contribution in [0.25, 0.3) is 0 Å². The van der Waals surface area contributed by atoms with Crippen LogP contribution in [0.2, 0.25) is 0 Å². The van der Waals surface area contributed by atoms with E-state index in [1.165, 1.54) is 0 Å². The van der Waals surface area contributed by atoms with Gasteiger partial charge in [0.25, 0.3) is 0 Å². The van der Waals surface area contributed by atoms with Crippen LogP contribution in [0, 0.1) is 23.3 Å². The Bertz CT molecular complexity index is 329. The van der Waals surface area contributed by atoms with E-state index in [1.807, 2.05) is 0 Å². The number of hydrogen-bond donors (Lipinski definition) is 2. The highest BCUT2D eigenvalue weighted by Gasteiger charge is 2.23. The van der Waals surface area contributed by atoms with Gasteiger partial charge in [0, 0.05) is 12.6 Å². The molecule has 1 rings (SSSR count). The molecular formula is C8H7F4NO. The monoisotopic (exact) mass is 209 g/mol. The molecule has 0 bridgehead atoms. The molecule has 0 saturated heterocycles. The van der Waals surface area contributed by atoms with Gasteiger partial charge in [0.1, 0.15) is 0 Å². The van der Waals surface area contributed by atoms with Crippen LogP contribution in [-0.4, -0.2) is 11.7 Å². The van der Waals surface area contributed by atoms with Crippen molar-refractivity contribution in [3.8, 4) is 0 Å². The van der Waals surface area contributed by atoms with Gasteiger partial charge >= 0.3 is 0 Å². The number of aliphatic hydroxyl groups excluding tert-OH is 1. The number of nitrogens with two attached hydrogens (primary N) is 1. The van der Waals surface area contributed by atoms with E-state index in [1.54, 1.807) is 0 Å². The SMILES string of the molecule is NC[C@@H](O)c1c(F)c(F)cc(F)c1F. The Hall–Kier alpha value is -1.14. The maximum atomic E-state index is 12.9. The second-order valence-corrected chi connectivity index (χ2v) is 2.63. The van der Waals surface area contributed by atoms with Gasteiger partial charge in [0.15, 0.2) is 23.3 Å². The summed E-state index contributed by atoms with van der Waals surface area (Å²) in [6.07, 6.45) is -1.76. The quantitative estimate of drug-likeness (QED) is 0.568. The van der Waals surface area contributed by atoms with Crippen LogP contribution >= 0.6 is 0 Å². The topological polar surface area (TPSA) is 46.2 Å². The highest BCUT2D eigenvalue weighted by molar-refractivity contribution is 5.24. The molecule has 0 spiro atoms. The molecule has 2 nitrogen and oxygen atoms in total. The largest absolute Gasteiger partial charge is 0.387 e. The summed E-state index contributed by atoms with van der Waals surface area (Å²) >= 11 is 0. The molecule has 1 aromatic rings. The van der Waals surface area contributed by atoms with Crippen LogP contribution in [0.5, 0.6) is 0 Å². The summed E-state index contributed by atoms with van der Waals surface area (Å²) in [6, 6.07) is 0.0669. The third kappa shape index (κ3) is 1.71. The van der Waals surface area contributed by atoms with E-state index in [4.69, 9.17) is 10.8 Å². The Morgan fingerprint density at radius 1 is 1.14 bits per heavy atom. The van der Waals surface area contributed by atoms with Crippen LogP contribution in [0.4, 0.5) is 17.6 Å². The minimum atomic E-state index is -1.76. The molecule has 0 amide bonds. The summed E-state index contributed by atoms with van der Waals surface area (Å²) in [6.45, 7) is -0.531. The zero-order valence-electron chi connectivity index (χ0n) is 6.90. The van der Waals surface area contributed by atoms with Crippen molar-refractivity contribution in [2.45, 2.75) is 6.10 Å². The van der Waals surface area contributed by atoms with Crippen molar-refractivity contribution in [1.29, 1.82) is 0 Å². The lowest BCUT2D eigenvalue weighted by Gasteiger charge is -2.11. The number of rotatable bonds is 2. The molecule has 0 radical (unpaired) electrons. The van der Waals surface area contributed by atoms with Crippen LogP contribution in [-0.2, 0) is 0 Å². The zero-order valence-corrected chi connectivity index (χ0v) is 6.90. The molecular weight excluding hydrogens is 202 g/mol. The fourth-order valence-electron chi connectivity index (χ4n) is 1.00. The fraction of sp³-hybridized carbons (Fsp3) is 0.250. The molecule has 0 unspecified atom stereocenters. The molecule has 0 saturated carbocycles. The minimum Gasteiger partial charge on any atom is -0.387 e. The van der Waals surface area contributed by atoms with Gasteiger partial charge in [-0.1, -0.05) is 0 Å². The molecule has 6 heteroatoms. The van der Waals surface area contributed by atoms with E-state index in [0.717, 1.165) is 0 Å². The Balaban J connectivity index is 3.39. The molecule has 0 aliphatic rings. The highest BCUT2D eigenvalue weighted by Crippen LogP contribution is 2.24. The second-order valence-electron chi connectivity index (χ2n) is 2.63. The fourth-order valence-corrected chi connectivity index (χ4v) is 1.00. The molecule has 0 aliphatic carbocycles. The normalized spacial score (nSPS) is 13.0. The lowest BCUT2D eigenvalue weighted by molar-refractivity contribution is 0.173. The molecule has 1 aromatic carbocycles. The number of aliphatic hydroxyl groups is 1. The molecule has 0 aliphatic heterocycles. The Kier molecular flexibility index (Phi) is 3.07. The lowest BCUT2D eigenvalue weighted by atomic mass is 10.1. The Morgan fingerprint density at radius 3 is 1.93 bits per heavy atom. The number of halogens is 4. The van der Waals surface area contributed by atoms with Gasteiger partial charge in [-0.15, -0.1) is 0 Å². The van der Waals surface area contributed by atoms with E-state index in [9.17, 15) is 17.6 Å². The third-order valence-corrected chi connectivity index (χ3v) is 1.70. The summed E-state index contributed by atoms with van der Waals surface area (Å²) in [5, 5.41) is 9.00. The standard InChI is InChI=1S/C8H7F4NO/c9-3-1-4(10)8(12)6(7(3)11)5(14)2-13/h1,5,14H,2,13H2/t5-/m1/s1. The van der Waals surface area contributed by atoms with Gasteiger partial charge in [0.05, 0.1) is 11.7 Å². The van der Waals surface area contributed by atoms with E-state index >= 15 is 0 Å². The second kappa shape index (κ2) is 3.93. The summed E-state index contributed by atoms with van der Waals surface area (Å²) in [5.74, 6) is -6.37. The first-order chi connectivity index (χ1) is 6.49. The van der Waals surface area contributed by atoms with Crippen molar-refractivity contribution < 1.29 is 22.7 Å². The molecule has 78 valence electrons. The molecule has 0 heterocycles. The molecule has 0 aromatic heterocycles. The van der Waals surface area contributed by atoms with Crippen molar-refractivity contribution in [3.63, 3.8) is 0 Å². The highest BCUT2D eigenvalue weighted by atomic mass is 19.2. The molecule has 0 fully saturated rings. The summed E-state index contributed by atoms with van der Waals surface area (Å²) < 4.78 is 50.9. The van der Waals surface area contributed by atoms with Crippen LogP contribution in [0.3, 0.4) is 0 Å². The van der Waals surface area contributed by atoms with Gasteiger partial charge in [-0.25, -0.2) is 17.6 Å². The van der Waals surface area contributed by atoms with Crippen molar-refractivity contribution in [3.05, 3.63) is 34.9 Å². The van der Waals surface area contributed by atoms with E-state index < -0.39 is 41.5 Å². The first-order valence-electron chi connectivity index (χ1n) is 3.70. The predicted octanol–water partition coefficient (Wildman–Crippen LogP) is 1.24. The van der Waals surface area contributed by atoms with Crippen LogP contribution in [0.1, 0.15) is 11.7 Å². The van der Waals surface area contributed by atoms with Crippen LogP contribution in [0.15, 0.2) is 6.07 Å². The summed E-state index contributed by atoms with van der Waals surface area (Å²) in [5.41, 5.74) is 3.84. The van der Waals surface area contributed by atoms with Gasteiger partial charge in [-0.2, -0.15) is 0 Å². The van der Waals surface area contributed by atoms with Crippen LogP contribution < -0.4 is 5.73 Å². The van der Waals surface area contributed by atoms with Crippen molar-refractivity contribution in [2.24, 2.45) is 5.73 Å². The Morgan fingerprint density at radius 2 is 1.57 bits per heavy atom. The van der Waals surface area contributed by atoms with E-state index in [2.05, 4.69) is 0 Å². The average molecular weight is 209 g/mol. The van der Waals surface area contributed by atoms with E-state index in [0.29, 0.717) is 0 Å². The molecule has 3 N–H and O–H groups in total. The number of benzene rings is 1. The first kappa shape index (κ1) is 10.9. The average Bonchev–Trinajstić information content (AvgIpc) is 2.15.